The van der Waals surface area contributed by atoms with Gasteiger partial charge in [-0.15, -0.1) is 0 Å². The highest BCUT2D eigenvalue weighted by molar-refractivity contribution is 6.31. The van der Waals surface area contributed by atoms with Gasteiger partial charge in [-0.3, -0.25) is 18.6 Å². The largest absolute Gasteiger partial charge is 0.390 e. The number of benzene rings is 2. The summed E-state index contributed by atoms with van der Waals surface area (Å²) in [6, 6.07) is 15.6. The summed E-state index contributed by atoms with van der Waals surface area (Å²) in [5.41, 5.74) is 6.33. The lowest BCUT2D eigenvalue weighted by molar-refractivity contribution is -0.129. The second kappa shape index (κ2) is 12.0. The Morgan fingerprint density at radius 2 is 1.88 bits per heavy atom. The van der Waals surface area contributed by atoms with E-state index in [-0.39, 0.29) is 24.2 Å². The van der Waals surface area contributed by atoms with Gasteiger partial charge in [0, 0.05) is 74.0 Å². The highest BCUT2D eigenvalue weighted by atomic mass is 35.5. The van der Waals surface area contributed by atoms with Gasteiger partial charge in [0.05, 0.1) is 35.4 Å². The number of aromatic nitrogens is 4. The van der Waals surface area contributed by atoms with Crippen LogP contribution in [0.2, 0.25) is 5.02 Å². The van der Waals surface area contributed by atoms with Crippen molar-refractivity contribution in [1.82, 2.24) is 28.7 Å². The molecule has 1 fully saturated rings. The van der Waals surface area contributed by atoms with Crippen molar-refractivity contribution in [2.75, 3.05) is 26.2 Å². The smallest absolute Gasteiger partial charge is 0.330 e. The highest BCUT2D eigenvalue weighted by Gasteiger charge is 2.29. The molecule has 11 heteroatoms. The average molecular weight is 602 g/mol. The number of nitrogens with zero attached hydrogens (tertiary/aromatic N) is 7. The number of rotatable bonds is 7. The van der Waals surface area contributed by atoms with Crippen LogP contribution in [-0.4, -0.2) is 72.0 Å². The van der Waals surface area contributed by atoms with Crippen LogP contribution < -0.4 is 5.69 Å². The second-order valence-corrected chi connectivity index (χ2v) is 12.1. The molecule has 0 radical (unpaired) electrons. The van der Waals surface area contributed by atoms with Crippen LogP contribution in [0.15, 0.2) is 47.3 Å². The Balaban J connectivity index is 1.16. The van der Waals surface area contributed by atoms with Crippen molar-refractivity contribution in [3.05, 3.63) is 74.8 Å². The lowest BCUT2D eigenvalue weighted by Gasteiger charge is -2.33. The molecule has 1 atom stereocenters. The first kappa shape index (κ1) is 29.2. The number of imidazole rings is 1. The van der Waals surface area contributed by atoms with Gasteiger partial charge in [-0.2, -0.15) is 10.4 Å². The summed E-state index contributed by atoms with van der Waals surface area (Å²) in [6.45, 7) is 7.08. The van der Waals surface area contributed by atoms with E-state index in [2.05, 4.69) is 11.0 Å². The van der Waals surface area contributed by atoms with E-state index in [1.807, 2.05) is 63.5 Å². The zero-order valence-corrected chi connectivity index (χ0v) is 25.3. The number of nitriles is 1. The molecule has 1 N–H and O–H groups in total. The summed E-state index contributed by atoms with van der Waals surface area (Å²) < 4.78 is 5.32. The third kappa shape index (κ3) is 5.60. The van der Waals surface area contributed by atoms with E-state index in [1.165, 1.54) is 0 Å². The molecule has 1 amide bonds. The maximum Gasteiger partial charge on any atom is 0.330 e. The predicted molar refractivity (Wildman–Crippen MR) is 165 cm³/mol. The van der Waals surface area contributed by atoms with Gasteiger partial charge >= 0.3 is 5.69 Å². The van der Waals surface area contributed by atoms with Gasteiger partial charge in [-0.1, -0.05) is 29.8 Å². The lowest BCUT2D eigenvalue weighted by Crippen LogP contribution is -2.42. The van der Waals surface area contributed by atoms with Crippen LogP contribution in [0.25, 0.3) is 22.3 Å². The fourth-order valence-electron chi connectivity index (χ4n) is 6.66. The first-order valence-electron chi connectivity index (χ1n) is 14.8. The van der Waals surface area contributed by atoms with E-state index in [0.717, 1.165) is 65.0 Å². The zero-order chi connectivity index (χ0) is 30.2. The van der Waals surface area contributed by atoms with Crippen molar-refractivity contribution >= 4 is 28.5 Å². The van der Waals surface area contributed by atoms with Crippen molar-refractivity contribution in [2.24, 2.45) is 0 Å². The SMILES string of the molecule is CC(=O)N1CCc2c(c(-c3ccc(Cl)c(C)c3)nn2CC(O)CN2CCC(n3c(=O)n(CC#N)c4ccccc43)CC2)C1. The normalized spacial score (nSPS) is 16.8. The second-order valence-electron chi connectivity index (χ2n) is 11.7. The van der Waals surface area contributed by atoms with Crippen LogP contribution in [0.5, 0.6) is 0 Å². The fraction of sp³-hybridized carbons (Fsp3) is 0.438. The molecule has 2 aliphatic rings. The number of aliphatic hydroxyl groups excluding tert-OH is 1. The Kier molecular flexibility index (Phi) is 8.14. The molecule has 10 nitrogen and oxygen atoms in total. The van der Waals surface area contributed by atoms with Crippen molar-refractivity contribution in [2.45, 2.75) is 64.9 Å². The summed E-state index contributed by atoms with van der Waals surface area (Å²) in [5, 5.41) is 26.1. The number of aryl methyl sites for hydroxylation is 1. The van der Waals surface area contributed by atoms with E-state index in [1.54, 1.807) is 11.5 Å². The molecule has 0 bridgehead atoms. The Labute approximate surface area is 255 Å². The molecule has 2 aromatic heterocycles. The number of fused-ring (bicyclic) bond motifs is 2. The number of carbonyl (C=O) groups is 1. The van der Waals surface area contributed by atoms with Gasteiger partial charge in [0.1, 0.15) is 6.54 Å². The molecule has 224 valence electrons. The molecule has 1 saturated heterocycles. The minimum Gasteiger partial charge on any atom is -0.390 e. The molecule has 0 aliphatic carbocycles. The molecule has 6 rings (SSSR count). The number of β-amino-alcohol motifs (C(OH)–C–C–N with tert-alkyl or cyclic N) is 1. The van der Waals surface area contributed by atoms with Crippen molar-refractivity contribution < 1.29 is 9.90 Å². The van der Waals surface area contributed by atoms with E-state index in [0.29, 0.717) is 37.6 Å². The molecule has 2 aromatic carbocycles. The Morgan fingerprint density at radius 3 is 2.58 bits per heavy atom. The number of amides is 1. The van der Waals surface area contributed by atoms with Gasteiger partial charge in [-0.25, -0.2) is 4.79 Å². The summed E-state index contributed by atoms with van der Waals surface area (Å²) >= 11 is 6.29. The van der Waals surface area contributed by atoms with E-state index < -0.39 is 6.10 Å². The Morgan fingerprint density at radius 1 is 1.14 bits per heavy atom. The molecular formula is C32H36ClN7O3. The van der Waals surface area contributed by atoms with Gasteiger partial charge in [0.2, 0.25) is 5.91 Å². The quantitative estimate of drug-likeness (QED) is 0.345. The maximum atomic E-state index is 13.2. The highest BCUT2D eigenvalue weighted by Crippen LogP contribution is 2.32. The van der Waals surface area contributed by atoms with Crippen LogP contribution in [0, 0.1) is 18.3 Å². The summed E-state index contributed by atoms with van der Waals surface area (Å²) in [4.78, 5) is 29.5. The van der Waals surface area contributed by atoms with Crippen molar-refractivity contribution in [1.29, 1.82) is 5.26 Å². The summed E-state index contributed by atoms with van der Waals surface area (Å²) in [7, 11) is 0. The third-order valence-corrected chi connectivity index (χ3v) is 9.31. The third-order valence-electron chi connectivity index (χ3n) is 8.88. The number of hydrogen-bond donors (Lipinski definition) is 1. The van der Waals surface area contributed by atoms with Crippen LogP contribution in [0.4, 0.5) is 0 Å². The Bertz CT molecular complexity index is 1770. The molecule has 1 unspecified atom stereocenters. The first-order chi connectivity index (χ1) is 20.7. The first-order valence-corrected chi connectivity index (χ1v) is 15.2. The fourth-order valence-corrected chi connectivity index (χ4v) is 6.78. The Hall–Kier alpha value is -3.91. The molecule has 4 aromatic rings. The average Bonchev–Trinajstić information content (AvgIpc) is 3.49. The molecular weight excluding hydrogens is 566 g/mol. The van der Waals surface area contributed by atoms with Gasteiger partial charge in [0.15, 0.2) is 0 Å². The van der Waals surface area contributed by atoms with Crippen molar-refractivity contribution in [3.8, 4) is 17.3 Å². The van der Waals surface area contributed by atoms with Gasteiger partial charge < -0.3 is 14.9 Å². The number of para-hydroxylation sites is 2. The van der Waals surface area contributed by atoms with Gasteiger partial charge in [0.25, 0.3) is 0 Å². The lowest BCUT2D eigenvalue weighted by atomic mass is 9.99. The molecule has 0 spiro atoms. The van der Waals surface area contributed by atoms with E-state index in [9.17, 15) is 20.0 Å². The molecule has 2 aliphatic heterocycles. The zero-order valence-electron chi connectivity index (χ0n) is 24.5. The maximum absolute atomic E-state index is 13.2. The molecule has 43 heavy (non-hydrogen) atoms. The van der Waals surface area contributed by atoms with Gasteiger partial charge in [-0.05, 0) is 49.6 Å². The number of piperidine rings is 1. The van der Waals surface area contributed by atoms with Crippen LogP contribution in [0.1, 0.15) is 42.6 Å². The molecule has 0 saturated carbocycles. The number of carbonyl (C=O) groups excluding carboxylic acids is 1. The van der Waals surface area contributed by atoms with E-state index in [4.69, 9.17) is 16.7 Å². The van der Waals surface area contributed by atoms with Crippen LogP contribution in [0.3, 0.4) is 0 Å². The monoisotopic (exact) mass is 601 g/mol. The number of aliphatic hydroxyl groups is 1. The summed E-state index contributed by atoms with van der Waals surface area (Å²) in [6.07, 6.45) is 1.61. The number of halogens is 1. The number of likely N-dealkylation sites (tertiary alicyclic amines) is 1. The number of hydrogen-bond acceptors (Lipinski definition) is 6. The van der Waals surface area contributed by atoms with Crippen LogP contribution in [-0.2, 0) is 30.8 Å². The van der Waals surface area contributed by atoms with Crippen molar-refractivity contribution in [3.63, 3.8) is 0 Å². The summed E-state index contributed by atoms with van der Waals surface area (Å²) in [5.74, 6) is 0.0389. The molecule has 4 heterocycles. The topological polar surface area (TPSA) is 112 Å². The minimum absolute atomic E-state index is 0.0284. The predicted octanol–water partition coefficient (Wildman–Crippen LogP) is 3.75. The minimum atomic E-state index is -0.633. The van der Waals surface area contributed by atoms with E-state index >= 15 is 0 Å². The van der Waals surface area contributed by atoms with Crippen LogP contribution >= 0.6 is 11.6 Å². The standard InChI is InChI=1S/C32H36ClN7O3/c1-21-17-23(7-8-27(21)33)31-26-20-37(22(2)41)15-11-28(26)39(35-31)19-25(42)18-36-13-9-24(10-14-36)40-30-6-4-3-5-29(30)38(16-12-34)32(40)43/h3-8,17,24-25,42H,9-11,13-16,18-20H2,1-2H3.